The maximum atomic E-state index is 12.9. The summed E-state index contributed by atoms with van der Waals surface area (Å²) in [6.45, 7) is 0.590. The van der Waals surface area contributed by atoms with Crippen molar-refractivity contribution in [3.05, 3.63) is 131 Å². The molecule has 9 heteroatoms. The first-order chi connectivity index (χ1) is 19.7. The van der Waals surface area contributed by atoms with Gasteiger partial charge in [0.2, 0.25) is 0 Å². The molecule has 0 radical (unpaired) electrons. The second kappa shape index (κ2) is 13.5. The smallest absolute Gasteiger partial charge is 0.416 e. The highest BCUT2D eigenvalue weighted by molar-refractivity contribution is 5.96. The van der Waals surface area contributed by atoms with E-state index in [2.05, 4.69) is 5.32 Å². The van der Waals surface area contributed by atoms with Gasteiger partial charge in [0.05, 0.1) is 12.7 Å². The van der Waals surface area contributed by atoms with E-state index in [-0.39, 0.29) is 18.6 Å². The number of carbonyl (C=O) groups is 2. The van der Waals surface area contributed by atoms with Crippen molar-refractivity contribution < 1.29 is 37.0 Å². The van der Waals surface area contributed by atoms with Gasteiger partial charge in [-0.1, -0.05) is 66.7 Å². The maximum Gasteiger partial charge on any atom is 0.416 e. The molecule has 4 aromatic rings. The molecule has 1 atom stereocenters. The van der Waals surface area contributed by atoms with Gasteiger partial charge in [0.25, 0.3) is 5.91 Å². The van der Waals surface area contributed by atoms with Crippen LogP contribution in [0.25, 0.3) is 0 Å². The molecule has 4 aromatic carbocycles. The Balaban J connectivity index is 1.52. The van der Waals surface area contributed by atoms with Crippen molar-refractivity contribution in [3.63, 3.8) is 0 Å². The molecule has 0 spiro atoms. The normalized spacial score (nSPS) is 11.8. The SMILES string of the molecule is COC(=O)[C@@H](Cc1ccc(OCc2ccccc2)c(OCc2ccccc2)c1)NC(=O)c1ccc(C(F)(F)F)cc1. The first kappa shape index (κ1) is 29.2. The Bertz CT molecular complexity index is 1440. The monoisotopic (exact) mass is 563 g/mol. The average Bonchev–Trinajstić information content (AvgIpc) is 2.99. The number of amides is 1. The average molecular weight is 564 g/mol. The van der Waals surface area contributed by atoms with Crippen LogP contribution in [0.4, 0.5) is 13.2 Å². The maximum absolute atomic E-state index is 12.9. The number of hydrogen-bond acceptors (Lipinski definition) is 5. The Labute approximate surface area is 235 Å². The lowest BCUT2D eigenvalue weighted by atomic mass is 10.0. The number of alkyl halides is 3. The summed E-state index contributed by atoms with van der Waals surface area (Å²) in [4.78, 5) is 25.3. The van der Waals surface area contributed by atoms with Gasteiger partial charge >= 0.3 is 12.1 Å². The zero-order valence-corrected chi connectivity index (χ0v) is 22.2. The summed E-state index contributed by atoms with van der Waals surface area (Å²) in [5.74, 6) is -0.476. The Kier molecular flexibility index (Phi) is 9.63. The van der Waals surface area contributed by atoms with Gasteiger partial charge in [-0.3, -0.25) is 4.79 Å². The molecule has 1 N–H and O–H groups in total. The second-order valence-electron chi connectivity index (χ2n) is 9.16. The van der Waals surface area contributed by atoms with Crippen molar-refractivity contribution in [2.24, 2.45) is 0 Å². The standard InChI is InChI=1S/C32H28F3NO5/c1-39-31(38)27(36-30(37)25-13-15-26(16-14-25)32(33,34)35)18-24-12-17-28(40-20-22-8-4-2-5-9-22)29(19-24)41-21-23-10-6-3-7-11-23/h2-17,19,27H,18,20-21H2,1H3,(H,36,37)/t27-/m1/s1. The van der Waals surface area contributed by atoms with Crippen LogP contribution in [0.5, 0.6) is 11.5 Å². The van der Waals surface area contributed by atoms with Crippen molar-refractivity contribution in [2.75, 3.05) is 7.11 Å². The number of carbonyl (C=O) groups excluding carboxylic acids is 2. The van der Waals surface area contributed by atoms with Crippen LogP contribution in [0.2, 0.25) is 0 Å². The summed E-state index contributed by atoms with van der Waals surface area (Å²) in [5.41, 5.74) is 1.66. The molecule has 0 aliphatic carbocycles. The molecule has 212 valence electrons. The van der Waals surface area contributed by atoms with Gasteiger partial charge in [-0.15, -0.1) is 0 Å². The highest BCUT2D eigenvalue weighted by Gasteiger charge is 2.30. The number of ether oxygens (including phenoxy) is 3. The summed E-state index contributed by atoms with van der Waals surface area (Å²) >= 11 is 0. The van der Waals surface area contributed by atoms with Crippen molar-refractivity contribution in [1.82, 2.24) is 5.32 Å². The summed E-state index contributed by atoms with van der Waals surface area (Å²) in [5, 5.41) is 2.56. The molecule has 1 amide bonds. The van der Waals surface area contributed by atoms with Crippen LogP contribution in [-0.4, -0.2) is 25.0 Å². The van der Waals surface area contributed by atoms with Gasteiger partial charge in [0.15, 0.2) is 11.5 Å². The molecule has 0 aliphatic rings. The van der Waals surface area contributed by atoms with Crippen LogP contribution in [-0.2, 0) is 35.3 Å². The van der Waals surface area contributed by atoms with Crippen LogP contribution in [0.1, 0.15) is 32.6 Å². The summed E-state index contributed by atoms with van der Waals surface area (Å²) in [6.07, 6.45) is -4.49. The fourth-order valence-electron chi connectivity index (χ4n) is 4.01. The number of nitrogens with one attached hydrogen (secondary N) is 1. The van der Waals surface area contributed by atoms with Crippen LogP contribution >= 0.6 is 0 Å². The largest absolute Gasteiger partial charge is 0.485 e. The first-order valence-electron chi connectivity index (χ1n) is 12.8. The minimum atomic E-state index is -4.53. The molecule has 0 aromatic heterocycles. The predicted octanol–water partition coefficient (Wildman–Crippen LogP) is 6.38. The number of esters is 1. The Morgan fingerprint density at radius 1 is 0.732 bits per heavy atom. The lowest BCUT2D eigenvalue weighted by Gasteiger charge is -2.19. The van der Waals surface area contributed by atoms with Crippen molar-refractivity contribution >= 4 is 11.9 Å². The zero-order valence-electron chi connectivity index (χ0n) is 22.2. The summed E-state index contributed by atoms with van der Waals surface area (Å²) in [7, 11) is 1.19. The predicted molar refractivity (Wildman–Crippen MR) is 146 cm³/mol. The Morgan fingerprint density at radius 2 is 1.29 bits per heavy atom. The molecule has 0 heterocycles. The molecule has 6 nitrogen and oxygen atoms in total. The topological polar surface area (TPSA) is 73.9 Å². The van der Waals surface area contributed by atoms with Gasteiger partial charge in [0, 0.05) is 12.0 Å². The number of methoxy groups -OCH3 is 1. The quantitative estimate of drug-likeness (QED) is 0.215. The van der Waals surface area contributed by atoms with E-state index < -0.39 is 29.7 Å². The van der Waals surface area contributed by atoms with E-state index in [9.17, 15) is 22.8 Å². The van der Waals surface area contributed by atoms with Crippen LogP contribution < -0.4 is 14.8 Å². The number of rotatable bonds is 11. The van der Waals surface area contributed by atoms with E-state index >= 15 is 0 Å². The molecule has 4 rings (SSSR count). The minimum absolute atomic E-state index is 0.0246. The van der Waals surface area contributed by atoms with Crippen LogP contribution in [0.3, 0.4) is 0 Å². The lowest BCUT2D eigenvalue weighted by Crippen LogP contribution is -2.43. The number of benzene rings is 4. The van der Waals surface area contributed by atoms with Gasteiger partial charge < -0.3 is 19.5 Å². The molecule has 0 fully saturated rings. The molecule has 0 bridgehead atoms. The fraction of sp³-hybridized carbons (Fsp3) is 0.188. The zero-order chi connectivity index (χ0) is 29.2. The van der Waals surface area contributed by atoms with Crippen molar-refractivity contribution in [1.29, 1.82) is 0 Å². The lowest BCUT2D eigenvalue weighted by molar-refractivity contribution is -0.142. The van der Waals surface area contributed by atoms with Gasteiger partial charge in [-0.05, 0) is 53.1 Å². The molecule has 0 aliphatic heterocycles. The molecule has 0 unspecified atom stereocenters. The molecular weight excluding hydrogens is 535 g/mol. The van der Waals surface area contributed by atoms with Gasteiger partial charge in [0.1, 0.15) is 19.3 Å². The summed E-state index contributed by atoms with van der Waals surface area (Å²) < 4.78 is 55.7. The van der Waals surface area contributed by atoms with E-state index in [1.165, 1.54) is 7.11 Å². The summed E-state index contributed by atoms with van der Waals surface area (Å²) in [6, 6.07) is 27.0. The van der Waals surface area contributed by atoms with Crippen LogP contribution in [0, 0.1) is 0 Å². The molecular formula is C32H28F3NO5. The van der Waals surface area contributed by atoms with Crippen LogP contribution in [0.15, 0.2) is 103 Å². The van der Waals surface area contributed by atoms with E-state index in [0.717, 1.165) is 35.4 Å². The fourth-order valence-corrected chi connectivity index (χ4v) is 4.01. The van der Waals surface area contributed by atoms with Gasteiger partial charge in [-0.25, -0.2) is 4.79 Å². The second-order valence-corrected chi connectivity index (χ2v) is 9.16. The van der Waals surface area contributed by atoms with Crippen molar-refractivity contribution in [2.45, 2.75) is 31.9 Å². The Hall–Kier alpha value is -4.79. The third kappa shape index (κ3) is 8.35. The van der Waals surface area contributed by atoms with Gasteiger partial charge in [-0.2, -0.15) is 13.2 Å². The molecule has 0 saturated carbocycles. The van der Waals surface area contributed by atoms with E-state index in [1.807, 2.05) is 60.7 Å². The molecule has 41 heavy (non-hydrogen) atoms. The number of hydrogen-bond donors (Lipinski definition) is 1. The van der Waals surface area contributed by atoms with E-state index in [1.54, 1.807) is 18.2 Å². The van der Waals surface area contributed by atoms with E-state index in [4.69, 9.17) is 14.2 Å². The highest BCUT2D eigenvalue weighted by Crippen LogP contribution is 2.31. The highest BCUT2D eigenvalue weighted by atomic mass is 19.4. The first-order valence-corrected chi connectivity index (χ1v) is 12.8. The Morgan fingerprint density at radius 3 is 1.83 bits per heavy atom. The molecule has 0 saturated heterocycles. The van der Waals surface area contributed by atoms with Crippen molar-refractivity contribution in [3.8, 4) is 11.5 Å². The number of halogens is 3. The van der Waals surface area contributed by atoms with E-state index in [0.29, 0.717) is 23.7 Å². The third-order valence-corrected chi connectivity index (χ3v) is 6.19. The minimum Gasteiger partial charge on any atom is -0.485 e. The third-order valence-electron chi connectivity index (χ3n) is 6.19.